The second-order valence-electron chi connectivity index (χ2n) is 4.90. The van der Waals surface area contributed by atoms with Crippen LogP contribution in [0, 0.1) is 0 Å². The van der Waals surface area contributed by atoms with Crippen molar-refractivity contribution in [3.63, 3.8) is 0 Å². The first kappa shape index (κ1) is 14.0. The summed E-state index contributed by atoms with van der Waals surface area (Å²) < 4.78 is 0. The largest absolute Gasteiger partial charge is 0.399 e. The van der Waals surface area contributed by atoms with E-state index in [1.807, 2.05) is 26.0 Å². The molecule has 6 heteroatoms. The molecule has 1 aromatic carbocycles. The molecular formula is C14H19N5O. The maximum Gasteiger partial charge on any atom is 0.221 e. The molecule has 0 aliphatic rings. The van der Waals surface area contributed by atoms with Crippen LogP contribution in [0.15, 0.2) is 24.5 Å². The van der Waals surface area contributed by atoms with Gasteiger partial charge in [0.05, 0.1) is 5.52 Å². The van der Waals surface area contributed by atoms with Gasteiger partial charge in [0.15, 0.2) is 0 Å². The topological polar surface area (TPSA) is 92.9 Å². The highest BCUT2D eigenvalue weighted by Crippen LogP contribution is 2.20. The number of hydrogen-bond acceptors (Lipinski definition) is 5. The molecule has 1 aromatic heterocycles. The lowest BCUT2D eigenvalue weighted by atomic mass is 10.2. The third-order valence-corrected chi connectivity index (χ3v) is 2.75. The molecule has 20 heavy (non-hydrogen) atoms. The molecule has 0 atom stereocenters. The summed E-state index contributed by atoms with van der Waals surface area (Å²) in [6.07, 6.45) is 1.89. The van der Waals surface area contributed by atoms with E-state index in [2.05, 4.69) is 20.6 Å². The van der Waals surface area contributed by atoms with Crippen molar-refractivity contribution in [1.29, 1.82) is 0 Å². The smallest absolute Gasteiger partial charge is 0.221 e. The van der Waals surface area contributed by atoms with Gasteiger partial charge < -0.3 is 16.4 Å². The summed E-state index contributed by atoms with van der Waals surface area (Å²) in [4.78, 5) is 19.9. The average Bonchev–Trinajstić information content (AvgIpc) is 2.37. The Balaban J connectivity index is 2.01. The van der Waals surface area contributed by atoms with Crippen molar-refractivity contribution in [2.24, 2.45) is 0 Å². The fraction of sp³-hybridized carbons (Fsp3) is 0.357. The number of nitrogens with zero attached hydrogens (tertiary/aromatic N) is 2. The number of carbonyl (C=O) groups excluding carboxylic acids is 1. The van der Waals surface area contributed by atoms with Crippen LogP contribution in [0.1, 0.15) is 20.3 Å². The van der Waals surface area contributed by atoms with Gasteiger partial charge in [-0.3, -0.25) is 4.79 Å². The van der Waals surface area contributed by atoms with E-state index in [-0.39, 0.29) is 11.9 Å². The third-order valence-electron chi connectivity index (χ3n) is 2.75. The molecule has 1 amide bonds. The van der Waals surface area contributed by atoms with E-state index >= 15 is 0 Å². The molecular weight excluding hydrogens is 254 g/mol. The normalized spacial score (nSPS) is 10.8. The Morgan fingerprint density at radius 1 is 1.35 bits per heavy atom. The molecule has 0 saturated heterocycles. The number of nitrogen functional groups attached to an aromatic ring is 1. The van der Waals surface area contributed by atoms with E-state index in [0.29, 0.717) is 24.5 Å². The second kappa shape index (κ2) is 6.18. The summed E-state index contributed by atoms with van der Waals surface area (Å²) in [6, 6.07) is 5.64. The van der Waals surface area contributed by atoms with E-state index in [4.69, 9.17) is 5.73 Å². The number of amides is 1. The Hall–Kier alpha value is -2.37. The summed E-state index contributed by atoms with van der Waals surface area (Å²) in [5.74, 6) is 0.738. The van der Waals surface area contributed by atoms with E-state index in [0.717, 1.165) is 10.9 Å². The molecule has 1 heterocycles. The van der Waals surface area contributed by atoms with Gasteiger partial charge in [-0.1, -0.05) is 0 Å². The summed E-state index contributed by atoms with van der Waals surface area (Å²) in [7, 11) is 0. The molecule has 0 bridgehead atoms. The molecule has 6 nitrogen and oxygen atoms in total. The number of aromatic nitrogens is 2. The van der Waals surface area contributed by atoms with E-state index in [1.165, 1.54) is 6.33 Å². The number of hydrogen-bond donors (Lipinski definition) is 3. The van der Waals surface area contributed by atoms with Crippen molar-refractivity contribution >= 4 is 28.3 Å². The number of carbonyl (C=O) groups is 1. The molecule has 0 aliphatic carbocycles. The summed E-state index contributed by atoms with van der Waals surface area (Å²) >= 11 is 0. The minimum atomic E-state index is 0.0232. The van der Waals surface area contributed by atoms with Gasteiger partial charge >= 0.3 is 0 Å². The fourth-order valence-corrected chi connectivity index (χ4v) is 1.90. The highest BCUT2D eigenvalue weighted by atomic mass is 16.1. The summed E-state index contributed by atoms with van der Waals surface area (Å²) in [6.45, 7) is 4.40. The zero-order valence-electron chi connectivity index (χ0n) is 11.7. The van der Waals surface area contributed by atoms with Crippen molar-refractivity contribution in [3.8, 4) is 0 Å². The van der Waals surface area contributed by atoms with Gasteiger partial charge in [-0.15, -0.1) is 0 Å². The van der Waals surface area contributed by atoms with E-state index in [1.54, 1.807) is 6.07 Å². The molecule has 2 rings (SSSR count). The van der Waals surface area contributed by atoms with Crippen LogP contribution in [-0.2, 0) is 4.79 Å². The quantitative estimate of drug-likeness (QED) is 0.718. The number of fused-ring (bicyclic) bond motifs is 1. The molecule has 0 unspecified atom stereocenters. The van der Waals surface area contributed by atoms with Gasteiger partial charge in [-0.2, -0.15) is 0 Å². The molecule has 0 spiro atoms. The highest BCUT2D eigenvalue weighted by Gasteiger charge is 2.06. The molecule has 106 valence electrons. The fourth-order valence-electron chi connectivity index (χ4n) is 1.90. The van der Waals surface area contributed by atoms with Gasteiger partial charge in [0.25, 0.3) is 0 Å². The number of anilines is 2. The lowest BCUT2D eigenvalue weighted by molar-refractivity contribution is -0.121. The minimum Gasteiger partial charge on any atom is -0.399 e. The first-order valence-electron chi connectivity index (χ1n) is 6.59. The van der Waals surface area contributed by atoms with Crippen LogP contribution in [-0.4, -0.2) is 28.5 Å². The third kappa shape index (κ3) is 3.57. The molecule has 0 fully saturated rings. The summed E-state index contributed by atoms with van der Waals surface area (Å²) in [5, 5.41) is 6.90. The zero-order chi connectivity index (χ0) is 14.5. The highest BCUT2D eigenvalue weighted by molar-refractivity contribution is 5.90. The van der Waals surface area contributed by atoms with Crippen LogP contribution in [0.2, 0.25) is 0 Å². The maximum atomic E-state index is 11.6. The average molecular weight is 273 g/mol. The van der Waals surface area contributed by atoms with Crippen LogP contribution < -0.4 is 16.4 Å². The van der Waals surface area contributed by atoms with Gasteiger partial charge in [0, 0.05) is 30.1 Å². The Labute approximate surface area is 117 Å². The minimum absolute atomic E-state index is 0.0232. The monoisotopic (exact) mass is 273 g/mol. The van der Waals surface area contributed by atoms with Crippen LogP contribution in [0.3, 0.4) is 0 Å². The first-order chi connectivity index (χ1) is 9.56. The second-order valence-corrected chi connectivity index (χ2v) is 4.90. The van der Waals surface area contributed by atoms with E-state index in [9.17, 15) is 4.79 Å². The lowest BCUT2D eigenvalue weighted by Gasteiger charge is -2.10. The predicted octanol–water partition coefficient (Wildman–Crippen LogP) is 1.54. The van der Waals surface area contributed by atoms with Gasteiger partial charge in [-0.05, 0) is 32.0 Å². The number of rotatable bonds is 5. The Morgan fingerprint density at radius 2 is 2.15 bits per heavy atom. The Morgan fingerprint density at radius 3 is 2.90 bits per heavy atom. The van der Waals surface area contributed by atoms with Gasteiger partial charge in [0.2, 0.25) is 5.91 Å². The zero-order valence-corrected chi connectivity index (χ0v) is 11.7. The van der Waals surface area contributed by atoms with Crippen molar-refractivity contribution in [3.05, 3.63) is 24.5 Å². The summed E-state index contributed by atoms with van der Waals surface area (Å²) in [5.41, 5.74) is 7.18. The van der Waals surface area contributed by atoms with Gasteiger partial charge in [-0.25, -0.2) is 9.97 Å². The number of nitrogens with two attached hydrogens (primary N) is 1. The molecule has 2 aromatic rings. The number of benzene rings is 1. The standard InChI is InChI=1S/C14H19N5O/c1-9(2)19-13(20)5-6-16-14-11-4-3-10(15)7-12(11)17-8-18-14/h3-4,7-9H,5-6,15H2,1-2H3,(H,19,20)(H,16,17,18). The van der Waals surface area contributed by atoms with Crippen molar-refractivity contribution < 1.29 is 4.79 Å². The van der Waals surface area contributed by atoms with Crippen LogP contribution in [0.5, 0.6) is 0 Å². The molecule has 4 N–H and O–H groups in total. The predicted molar refractivity (Wildman–Crippen MR) is 80.3 cm³/mol. The van der Waals surface area contributed by atoms with Crippen LogP contribution in [0.25, 0.3) is 10.9 Å². The Kier molecular flexibility index (Phi) is 4.34. The Bertz CT molecular complexity index is 612. The maximum absolute atomic E-state index is 11.6. The molecule has 0 saturated carbocycles. The van der Waals surface area contributed by atoms with Crippen molar-refractivity contribution in [2.75, 3.05) is 17.6 Å². The first-order valence-corrected chi connectivity index (χ1v) is 6.59. The van der Waals surface area contributed by atoms with Crippen molar-refractivity contribution in [2.45, 2.75) is 26.3 Å². The lowest BCUT2D eigenvalue weighted by Crippen LogP contribution is -2.31. The number of nitrogens with one attached hydrogen (secondary N) is 2. The molecule has 0 aliphatic heterocycles. The SMILES string of the molecule is CC(C)NC(=O)CCNc1ncnc2cc(N)ccc12. The van der Waals surface area contributed by atoms with Crippen LogP contribution in [0.4, 0.5) is 11.5 Å². The van der Waals surface area contributed by atoms with Crippen LogP contribution >= 0.6 is 0 Å². The molecule has 0 radical (unpaired) electrons. The van der Waals surface area contributed by atoms with E-state index < -0.39 is 0 Å². The van der Waals surface area contributed by atoms with Crippen molar-refractivity contribution in [1.82, 2.24) is 15.3 Å². The van der Waals surface area contributed by atoms with Gasteiger partial charge in [0.1, 0.15) is 12.1 Å².